The number of rotatable bonds is 9. The number of sulfonamides is 1. The first-order valence-corrected chi connectivity index (χ1v) is 12.0. The molecule has 0 radical (unpaired) electrons. The van der Waals surface area contributed by atoms with Crippen LogP contribution in [0.5, 0.6) is 5.75 Å². The molecule has 1 aliphatic rings. The number of benzene rings is 2. The van der Waals surface area contributed by atoms with Gasteiger partial charge in [0.2, 0.25) is 15.9 Å². The number of nitrogens with one attached hydrogen (secondary N) is 1. The standard InChI is InChI=1S/C22H26FN3O6S/c1-16-7-8-18(26(28)29)15-21(16)33(30,31)25-12-9-17(10-13-25)22(27)24-11-4-14-32-20-6-3-2-5-19(20)23/h2-3,5-8,15,17H,4,9-14H2,1H3,(H,24,27). The second-order valence-corrected chi connectivity index (χ2v) is 9.72. The molecule has 0 spiro atoms. The number of ether oxygens (including phenoxy) is 1. The molecule has 33 heavy (non-hydrogen) atoms. The van der Waals surface area contributed by atoms with E-state index in [1.807, 2.05) is 0 Å². The van der Waals surface area contributed by atoms with Gasteiger partial charge in [0.25, 0.3) is 5.69 Å². The number of hydrogen-bond acceptors (Lipinski definition) is 6. The largest absolute Gasteiger partial charge is 0.490 e. The molecule has 0 bridgehead atoms. The van der Waals surface area contributed by atoms with Gasteiger partial charge in [0.15, 0.2) is 11.6 Å². The van der Waals surface area contributed by atoms with Crippen LogP contribution in [-0.2, 0) is 14.8 Å². The summed E-state index contributed by atoms with van der Waals surface area (Å²) in [7, 11) is -3.90. The first-order chi connectivity index (χ1) is 15.7. The zero-order valence-electron chi connectivity index (χ0n) is 18.2. The minimum atomic E-state index is -3.90. The van der Waals surface area contributed by atoms with Crippen LogP contribution in [0.25, 0.3) is 0 Å². The zero-order valence-corrected chi connectivity index (χ0v) is 19.0. The van der Waals surface area contributed by atoms with Gasteiger partial charge in [-0.25, -0.2) is 12.8 Å². The van der Waals surface area contributed by atoms with E-state index in [1.165, 1.54) is 28.6 Å². The molecule has 1 heterocycles. The number of carbonyl (C=O) groups excluding carboxylic acids is 1. The summed E-state index contributed by atoms with van der Waals surface area (Å²) >= 11 is 0. The van der Waals surface area contributed by atoms with E-state index >= 15 is 0 Å². The lowest BCUT2D eigenvalue weighted by molar-refractivity contribution is -0.385. The van der Waals surface area contributed by atoms with Gasteiger partial charge in [-0.05, 0) is 43.9 Å². The van der Waals surface area contributed by atoms with Crippen LogP contribution in [0.4, 0.5) is 10.1 Å². The monoisotopic (exact) mass is 479 g/mol. The Bertz CT molecular complexity index is 1120. The van der Waals surface area contributed by atoms with Gasteiger partial charge in [0.1, 0.15) is 0 Å². The number of nitro benzene ring substituents is 1. The average molecular weight is 480 g/mol. The molecular weight excluding hydrogens is 453 g/mol. The lowest BCUT2D eigenvalue weighted by Crippen LogP contribution is -2.43. The molecular formula is C22H26FN3O6S. The van der Waals surface area contributed by atoms with Gasteiger partial charge in [-0.2, -0.15) is 4.31 Å². The van der Waals surface area contributed by atoms with Crippen molar-refractivity contribution in [3.05, 3.63) is 64.0 Å². The van der Waals surface area contributed by atoms with Crippen LogP contribution in [0, 0.1) is 28.8 Å². The number of non-ortho nitro benzene ring substituents is 1. The van der Waals surface area contributed by atoms with Crippen LogP contribution >= 0.6 is 0 Å². The highest BCUT2D eigenvalue weighted by Gasteiger charge is 2.33. The number of aryl methyl sites for hydroxylation is 1. The van der Waals surface area contributed by atoms with Crippen molar-refractivity contribution in [2.45, 2.75) is 31.1 Å². The fourth-order valence-corrected chi connectivity index (χ4v) is 5.36. The number of amides is 1. The normalized spacial score (nSPS) is 15.2. The molecule has 1 amide bonds. The molecule has 178 valence electrons. The number of halogens is 1. The minimum Gasteiger partial charge on any atom is -0.490 e. The summed E-state index contributed by atoms with van der Waals surface area (Å²) in [5.74, 6) is -0.764. The van der Waals surface area contributed by atoms with Crippen molar-refractivity contribution in [2.24, 2.45) is 5.92 Å². The highest BCUT2D eigenvalue weighted by molar-refractivity contribution is 7.89. The fraction of sp³-hybridized carbons (Fsp3) is 0.409. The Balaban J connectivity index is 1.47. The highest BCUT2D eigenvalue weighted by Crippen LogP contribution is 2.28. The van der Waals surface area contributed by atoms with E-state index in [0.717, 1.165) is 6.07 Å². The number of para-hydroxylation sites is 1. The minimum absolute atomic E-state index is 0.0885. The van der Waals surface area contributed by atoms with E-state index in [9.17, 15) is 27.7 Å². The molecule has 0 aromatic heterocycles. The number of nitrogens with zero attached hydrogens (tertiary/aromatic N) is 2. The van der Waals surface area contributed by atoms with Crippen LogP contribution < -0.4 is 10.1 Å². The number of hydrogen-bond donors (Lipinski definition) is 1. The van der Waals surface area contributed by atoms with Gasteiger partial charge in [-0.15, -0.1) is 0 Å². The molecule has 1 N–H and O–H groups in total. The molecule has 1 fully saturated rings. The van der Waals surface area contributed by atoms with Crippen molar-refractivity contribution >= 4 is 21.6 Å². The number of piperidine rings is 1. The van der Waals surface area contributed by atoms with Gasteiger partial charge in [0.05, 0.1) is 16.4 Å². The highest BCUT2D eigenvalue weighted by atomic mass is 32.2. The van der Waals surface area contributed by atoms with Crippen molar-refractivity contribution in [2.75, 3.05) is 26.2 Å². The Morgan fingerprint density at radius 2 is 1.94 bits per heavy atom. The van der Waals surface area contributed by atoms with Crippen molar-refractivity contribution in [3.8, 4) is 5.75 Å². The second kappa shape index (κ2) is 10.7. The van der Waals surface area contributed by atoms with Gasteiger partial charge >= 0.3 is 0 Å². The molecule has 2 aromatic rings. The summed E-state index contributed by atoms with van der Waals surface area (Å²) in [5, 5.41) is 13.8. The number of carbonyl (C=O) groups is 1. The number of nitro groups is 1. The van der Waals surface area contributed by atoms with Crippen LogP contribution in [0.15, 0.2) is 47.4 Å². The maximum absolute atomic E-state index is 13.5. The molecule has 0 saturated carbocycles. The quantitative estimate of drug-likeness (QED) is 0.335. The average Bonchev–Trinajstić information content (AvgIpc) is 2.80. The lowest BCUT2D eigenvalue weighted by atomic mass is 9.97. The molecule has 2 aromatic carbocycles. The SMILES string of the molecule is Cc1ccc([N+](=O)[O-])cc1S(=O)(=O)N1CCC(C(=O)NCCCOc2ccccc2F)CC1. The molecule has 3 rings (SSSR count). The van der Waals surface area contributed by atoms with Crippen molar-refractivity contribution in [3.63, 3.8) is 0 Å². The summed E-state index contributed by atoms with van der Waals surface area (Å²) in [6.45, 7) is 2.50. The Morgan fingerprint density at radius 1 is 1.24 bits per heavy atom. The third-order valence-corrected chi connectivity index (χ3v) is 7.58. The Labute approximate surface area is 191 Å². The van der Waals surface area contributed by atoms with E-state index in [1.54, 1.807) is 19.1 Å². The lowest BCUT2D eigenvalue weighted by Gasteiger charge is -2.30. The van der Waals surface area contributed by atoms with Gasteiger partial charge in [0, 0.05) is 37.7 Å². The summed E-state index contributed by atoms with van der Waals surface area (Å²) in [5.41, 5.74) is 0.144. The van der Waals surface area contributed by atoms with Crippen LogP contribution in [0.2, 0.25) is 0 Å². The molecule has 9 nitrogen and oxygen atoms in total. The first-order valence-electron chi connectivity index (χ1n) is 10.6. The Morgan fingerprint density at radius 3 is 2.61 bits per heavy atom. The van der Waals surface area contributed by atoms with E-state index in [2.05, 4.69) is 5.32 Å². The van der Waals surface area contributed by atoms with Crippen molar-refractivity contribution < 1.29 is 27.3 Å². The van der Waals surface area contributed by atoms with E-state index in [4.69, 9.17) is 4.74 Å². The van der Waals surface area contributed by atoms with Gasteiger partial charge < -0.3 is 10.1 Å². The first kappa shape index (κ1) is 24.6. The molecule has 0 aliphatic carbocycles. The maximum Gasteiger partial charge on any atom is 0.270 e. The van der Waals surface area contributed by atoms with E-state index < -0.39 is 20.8 Å². The predicted octanol–water partition coefficient (Wildman–Crippen LogP) is 3.03. The maximum atomic E-state index is 13.5. The molecule has 11 heteroatoms. The van der Waals surface area contributed by atoms with Gasteiger partial charge in [-0.1, -0.05) is 18.2 Å². The zero-order chi connectivity index (χ0) is 24.0. The smallest absolute Gasteiger partial charge is 0.270 e. The van der Waals surface area contributed by atoms with E-state index in [-0.39, 0.29) is 47.9 Å². The van der Waals surface area contributed by atoms with Crippen LogP contribution in [0.3, 0.4) is 0 Å². The van der Waals surface area contributed by atoms with Gasteiger partial charge in [-0.3, -0.25) is 14.9 Å². The Hall–Kier alpha value is -3.05. The van der Waals surface area contributed by atoms with Crippen LogP contribution in [0.1, 0.15) is 24.8 Å². The summed E-state index contributed by atoms with van der Waals surface area (Å²) in [6, 6.07) is 9.85. The molecule has 1 saturated heterocycles. The molecule has 0 atom stereocenters. The van der Waals surface area contributed by atoms with Crippen LogP contribution in [-0.4, -0.2) is 49.8 Å². The summed E-state index contributed by atoms with van der Waals surface area (Å²) in [4.78, 5) is 22.7. The molecule has 1 aliphatic heterocycles. The Kier molecular flexibility index (Phi) is 7.98. The third kappa shape index (κ3) is 6.05. The predicted molar refractivity (Wildman–Crippen MR) is 119 cm³/mol. The summed E-state index contributed by atoms with van der Waals surface area (Å²) < 4.78 is 46.1. The third-order valence-electron chi connectivity index (χ3n) is 5.54. The van der Waals surface area contributed by atoms with E-state index in [0.29, 0.717) is 31.4 Å². The fourth-order valence-electron chi connectivity index (χ4n) is 3.65. The van der Waals surface area contributed by atoms with Crippen molar-refractivity contribution in [1.82, 2.24) is 9.62 Å². The molecule has 0 unspecified atom stereocenters. The van der Waals surface area contributed by atoms with Crippen molar-refractivity contribution in [1.29, 1.82) is 0 Å². The summed E-state index contributed by atoms with van der Waals surface area (Å²) in [6.07, 6.45) is 1.20. The topological polar surface area (TPSA) is 119 Å². The second-order valence-electron chi connectivity index (χ2n) is 7.81.